The quantitative estimate of drug-likeness (QED) is 0.413. The van der Waals surface area contributed by atoms with E-state index in [1.807, 2.05) is 0 Å². The Hall–Kier alpha value is -0.0400. The molecule has 3 N–H and O–H groups in total. The minimum Gasteiger partial charge on any atom is -0.394 e. The molecular weight excluding hydrogens is 317 g/mol. The van der Waals surface area contributed by atoms with Gasteiger partial charge in [0, 0.05) is 12.6 Å². The highest BCUT2D eigenvalue weighted by Crippen LogP contribution is 2.17. The van der Waals surface area contributed by atoms with Crippen molar-refractivity contribution in [2.24, 2.45) is 4.99 Å². The van der Waals surface area contributed by atoms with Crippen molar-refractivity contribution in [3.8, 4) is 0 Å². The zero-order valence-corrected chi connectivity index (χ0v) is 12.4. The molecule has 0 spiro atoms. The average molecular weight is 341 g/mol. The van der Waals surface area contributed by atoms with Crippen LogP contribution >= 0.6 is 24.0 Å². The van der Waals surface area contributed by atoms with E-state index in [4.69, 9.17) is 5.11 Å². The fourth-order valence-corrected chi connectivity index (χ4v) is 1.92. The van der Waals surface area contributed by atoms with Crippen LogP contribution in [0.25, 0.3) is 0 Å². The zero-order chi connectivity index (χ0) is 10.9. The van der Waals surface area contributed by atoms with Crippen LogP contribution in [0.15, 0.2) is 4.99 Å². The van der Waals surface area contributed by atoms with Crippen LogP contribution in [0.2, 0.25) is 0 Å². The number of hydrogen-bond donors (Lipinski definition) is 3. The third kappa shape index (κ3) is 6.52. The summed E-state index contributed by atoms with van der Waals surface area (Å²) in [6.45, 7) is 3.50. The molecule has 0 radical (unpaired) electrons. The lowest BCUT2D eigenvalue weighted by Crippen LogP contribution is -2.44. The maximum atomic E-state index is 8.73. The van der Waals surface area contributed by atoms with E-state index in [0.717, 1.165) is 12.5 Å². The molecule has 0 aromatic rings. The van der Waals surface area contributed by atoms with E-state index in [9.17, 15) is 0 Å². The third-order valence-corrected chi connectivity index (χ3v) is 2.66. The number of hydrogen-bond acceptors (Lipinski definition) is 2. The molecule has 96 valence electrons. The van der Waals surface area contributed by atoms with Crippen molar-refractivity contribution in [1.82, 2.24) is 10.6 Å². The molecule has 0 aromatic heterocycles. The first kappa shape index (κ1) is 16.0. The molecule has 5 heteroatoms. The topological polar surface area (TPSA) is 56.7 Å². The molecule has 0 bridgehead atoms. The second-order valence-electron chi connectivity index (χ2n) is 3.96. The number of aliphatic imine (C=N–C) groups is 1. The molecule has 1 saturated carbocycles. The molecule has 1 fully saturated rings. The number of nitrogens with one attached hydrogen (secondary N) is 2. The van der Waals surface area contributed by atoms with Gasteiger partial charge in [-0.2, -0.15) is 0 Å². The molecular formula is C11H24IN3O. The maximum absolute atomic E-state index is 8.73. The van der Waals surface area contributed by atoms with E-state index in [-0.39, 0.29) is 30.6 Å². The number of rotatable bonds is 4. The molecule has 0 aliphatic heterocycles. The summed E-state index contributed by atoms with van der Waals surface area (Å²) in [5.41, 5.74) is 0. The summed E-state index contributed by atoms with van der Waals surface area (Å²) < 4.78 is 0. The summed E-state index contributed by atoms with van der Waals surface area (Å²) in [4.78, 5) is 4.27. The monoisotopic (exact) mass is 341 g/mol. The van der Waals surface area contributed by atoms with Crippen LogP contribution in [0.1, 0.15) is 39.0 Å². The summed E-state index contributed by atoms with van der Waals surface area (Å²) in [5, 5.41) is 15.3. The van der Waals surface area contributed by atoms with Crippen molar-refractivity contribution < 1.29 is 5.11 Å². The first-order chi connectivity index (χ1) is 7.36. The lowest BCUT2D eigenvalue weighted by molar-refractivity contribution is 0.306. The first-order valence-corrected chi connectivity index (χ1v) is 6.02. The average Bonchev–Trinajstić information content (AvgIpc) is 2.28. The predicted molar refractivity (Wildman–Crippen MR) is 78.5 cm³/mol. The Bertz CT molecular complexity index is 194. The Morgan fingerprint density at radius 1 is 1.31 bits per heavy atom. The highest BCUT2D eigenvalue weighted by Gasteiger charge is 2.13. The van der Waals surface area contributed by atoms with Crippen molar-refractivity contribution in [3.63, 3.8) is 0 Å². The third-order valence-electron chi connectivity index (χ3n) is 2.66. The van der Waals surface area contributed by atoms with Gasteiger partial charge in [-0.05, 0) is 19.8 Å². The van der Waals surface area contributed by atoms with Gasteiger partial charge in [0.1, 0.15) is 0 Å². The second-order valence-corrected chi connectivity index (χ2v) is 3.96. The summed E-state index contributed by atoms with van der Waals surface area (Å²) in [5.74, 6) is 0.846. The molecule has 16 heavy (non-hydrogen) atoms. The maximum Gasteiger partial charge on any atom is 0.191 e. The van der Waals surface area contributed by atoms with E-state index in [0.29, 0.717) is 12.6 Å². The van der Waals surface area contributed by atoms with Gasteiger partial charge >= 0.3 is 0 Å². The van der Waals surface area contributed by atoms with Crippen LogP contribution < -0.4 is 10.6 Å². The molecule has 0 saturated heterocycles. The Morgan fingerprint density at radius 3 is 2.56 bits per heavy atom. The van der Waals surface area contributed by atoms with E-state index < -0.39 is 0 Å². The number of aliphatic hydroxyl groups is 1. The summed E-state index contributed by atoms with van der Waals surface area (Å²) in [7, 11) is 0. The normalized spacial score (nSPS) is 17.8. The Balaban J connectivity index is 0.00000225. The van der Waals surface area contributed by atoms with Gasteiger partial charge in [-0.15, -0.1) is 24.0 Å². The van der Waals surface area contributed by atoms with Crippen LogP contribution in [-0.2, 0) is 0 Å². The summed E-state index contributed by atoms with van der Waals surface area (Å²) in [6, 6.07) is 0.565. The predicted octanol–water partition coefficient (Wildman–Crippen LogP) is 1.48. The van der Waals surface area contributed by atoms with Gasteiger partial charge in [-0.25, -0.2) is 0 Å². The van der Waals surface area contributed by atoms with E-state index >= 15 is 0 Å². The second kappa shape index (κ2) is 10.1. The van der Waals surface area contributed by atoms with Gasteiger partial charge in [0.15, 0.2) is 5.96 Å². The molecule has 1 rings (SSSR count). The number of guanidine groups is 1. The van der Waals surface area contributed by atoms with Crippen molar-refractivity contribution in [2.45, 2.75) is 45.1 Å². The Labute approximate surface area is 115 Å². The van der Waals surface area contributed by atoms with Gasteiger partial charge in [0.2, 0.25) is 0 Å². The van der Waals surface area contributed by atoms with E-state index in [1.165, 1.54) is 32.1 Å². The van der Waals surface area contributed by atoms with Gasteiger partial charge in [0.25, 0.3) is 0 Å². The van der Waals surface area contributed by atoms with E-state index in [1.54, 1.807) is 0 Å². The van der Waals surface area contributed by atoms with Crippen LogP contribution in [0.5, 0.6) is 0 Å². The smallest absolute Gasteiger partial charge is 0.191 e. The highest BCUT2D eigenvalue weighted by molar-refractivity contribution is 14.0. The lowest BCUT2D eigenvalue weighted by atomic mass is 9.96. The molecule has 1 aliphatic carbocycles. The molecule has 0 aromatic carbocycles. The summed E-state index contributed by atoms with van der Waals surface area (Å²) in [6.07, 6.45) is 6.48. The van der Waals surface area contributed by atoms with Crippen LogP contribution in [0, 0.1) is 0 Å². The zero-order valence-electron chi connectivity index (χ0n) is 10.0. The van der Waals surface area contributed by atoms with Gasteiger partial charge < -0.3 is 15.7 Å². The van der Waals surface area contributed by atoms with Crippen molar-refractivity contribution in [3.05, 3.63) is 0 Å². The Kier molecular flexibility index (Phi) is 10.1. The lowest BCUT2D eigenvalue weighted by Gasteiger charge is -2.24. The molecule has 1 aliphatic rings. The molecule has 4 nitrogen and oxygen atoms in total. The molecule has 0 atom stereocenters. The minimum atomic E-state index is 0. The standard InChI is InChI=1S/C11H23N3O.HI/c1-2-12-11(13-8-9-15)14-10-6-4-3-5-7-10;/h10,15H,2-9H2,1H3,(H2,12,13,14);1H. The number of nitrogens with zero attached hydrogens (tertiary/aromatic N) is 1. The number of halogens is 1. The fraction of sp³-hybridized carbons (Fsp3) is 0.909. The minimum absolute atomic E-state index is 0. The first-order valence-electron chi connectivity index (χ1n) is 6.02. The van der Waals surface area contributed by atoms with Crippen LogP contribution in [-0.4, -0.2) is 36.8 Å². The van der Waals surface area contributed by atoms with Gasteiger partial charge in [-0.3, -0.25) is 4.99 Å². The largest absolute Gasteiger partial charge is 0.394 e. The van der Waals surface area contributed by atoms with E-state index in [2.05, 4.69) is 22.5 Å². The van der Waals surface area contributed by atoms with Crippen molar-refractivity contribution in [2.75, 3.05) is 19.7 Å². The molecule has 0 amide bonds. The molecule has 0 unspecified atom stereocenters. The van der Waals surface area contributed by atoms with Crippen molar-refractivity contribution >= 4 is 29.9 Å². The highest BCUT2D eigenvalue weighted by atomic mass is 127. The van der Waals surface area contributed by atoms with Crippen LogP contribution in [0.3, 0.4) is 0 Å². The van der Waals surface area contributed by atoms with Crippen molar-refractivity contribution in [1.29, 1.82) is 0 Å². The fourth-order valence-electron chi connectivity index (χ4n) is 1.92. The number of aliphatic hydroxyl groups excluding tert-OH is 1. The van der Waals surface area contributed by atoms with Gasteiger partial charge in [-0.1, -0.05) is 19.3 Å². The summed E-state index contributed by atoms with van der Waals surface area (Å²) >= 11 is 0. The molecule has 0 heterocycles. The van der Waals surface area contributed by atoms with Crippen LogP contribution in [0.4, 0.5) is 0 Å². The SMILES string of the molecule is CCNC(=NCCO)NC1CCCCC1.I. The Morgan fingerprint density at radius 2 is 2.00 bits per heavy atom. The van der Waals surface area contributed by atoms with Gasteiger partial charge in [0.05, 0.1) is 13.2 Å².